The summed E-state index contributed by atoms with van der Waals surface area (Å²) in [6.45, 7) is 0.349. The number of carbonyl (C=O) groups excluding carboxylic acids is 1. The van der Waals surface area contributed by atoms with E-state index in [4.69, 9.17) is 11.6 Å². The van der Waals surface area contributed by atoms with Gasteiger partial charge in [0.15, 0.2) is 0 Å². The van der Waals surface area contributed by atoms with Gasteiger partial charge in [0.05, 0.1) is 32.1 Å². The molecule has 0 aliphatic rings. The second-order valence-corrected chi connectivity index (χ2v) is 7.11. The minimum atomic E-state index is -0.135. The van der Waals surface area contributed by atoms with Crippen molar-refractivity contribution in [3.05, 3.63) is 36.1 Å². The number of rotatable bonds is 3. The average Bonchev–Trinajstić information content (AvgIpc) is 2.82. The molecule has 8 heteroatoms. The zero-order chi connectivity index (χ0) is 13.3. The number of hydrogen-bond acceptors (Lipinski definition) is 3. The van der Waals surface area contributed by atoms with E-state index in [9.17, 15) is 4.79 Å². The van der Waals surface area contributed by atoms with Gasteiger partial charge in [-0.25, -0.2) is 0 Å². The van der Waals surface area contributed by atoms with Crippen LogP contribution in [0.25, 0.3) is 0 Å². The van der Waals surface area contributed by atoms with Crippen LogP contribution in [0, 0.1) is 0 Å². The maximum absolute atomic E-state index is 11.9. The standard InChI is InChI=1S/C10H8Br2ClN3OS/c1-16-7(6(13)3-15-16)4-14-10(17)8-2-5(11)9(12)18-8/h2-3H,4H2,1H3,(H,14,17). The molecule has 4 nitrogen and oxygen atoms in total. The average molecular weight is 414 g/mol. The van der Waals surface area contributed by atoms with Crippen molar-refractivity contribution in [1.82, 2.24) is 15.1 Å². The Morgan fingerprint density at radius 3 is 2.83 bits per heavy atom. The van der Waals surface area contributed by atoms with Gasteiger partial charge in [0.25, 0.3) is 5.91 Å². The Morgan fingerprint density at radius 1 is 1.61 bits per heavy atom. The number of aryl methyl sites for hydroxylation is 1. The minimum absolute atomic E-state index is 0.135. The number of nitrogens with one attached hydrogen (secondary N) is 1. The highest BCUT2D eigenvalue weighted by Gasteiger charge is 2.13. The van der Waals surface area contributed by atoms with Crippen LogP contribution in [0.3, 0.4) is 0 Å². The summed E-state index contributed by atoms with van der Waals surface area (Å²) in [7, 11) is 1.78. The van der Waals surface area contributed by atoms with Gasteiger partial charge in [0.2, 0.25) is 0 Å². The van der Waals surface area contributed by atoms with Crippen LogP contribution in [0.5, 0.6) is 0 Å². The molecular formula is C10H8Br2ClN3OS. The Morgan fingerprint density at radius 2 is 2.33 bits per heavy atom. The van der Waals surface area contributed by atoms with Gasteiger partial charge in [-0.3, -0.25) is 9.48 Å². The number of halogens is 3. The number of amides is 1. The number of nitrogens with zero attached hydrogens (tertiary/aromatic N) is 2. The molecular weight excluding hydrogens is 405 g/mol. The number of carbonyl (C=O) groups is 1. The van der Waals surface area contributed by atoms with Gasteiger partial charge in [0, 0.05) is 11.5 Å². The third kappa shape index (κ3) is 2.96. The van der Waals surface area contributed by atoms with Gasteiger partial charge in [-0.2, -0.15) is 5.10 Å². The minimum Gasteiger partial charge on any atom is -0.346 e. The fourth-order valence-corrected chi connectivity index (χ4v) is 3.53. The summed E-state index contributed by atoms with van der Waals surface area (Å²) in [4.78, 5) is 12.5. The van der Waals surface area contributed by atoms with Gasteiger partial charge >= 0.3 is 0 Å². The summed E-state index contributed by atoms with van der Waals surface area (Å²) in [5.74, 6) is -0.135. The second-order valence-electron chi connectivity index (χ2n) is 3.48. The van der Waals surface area contributed by atoms with Crippen molar-refractivity contribution >= 4 is 60.7 Å². The lowest BCUT2D eigenvalue weighted by atomic mass is 10.4. The third-order valence-corrected chi connectivity index (χ3v) is 5.87. The summed E-state index contributed by atoms with van der Waals surface area (Å²) in [6, 6.07) is 1.77. The Kier molecular flexibility index (Phi) is 4.47. The largest absolute Gasteiger partial charge is 0.346 e. The highest BCUT2D eigenvalue weighted by Crippen LogP contribution is 2.32. The lowest BCUT2D eigenvalue weighted by molar-refractivity contribution is 0.0954. The Hall–Kier alpha value is -0.370. The monoisotopic (exact) mass is 411 g/mol. The van der Waals surface area contributed by atoms with Gasteiger partial charge in [-0.05, 0) is 37.9 Å². The molecule has 0 aliphatic heterocycles. The quantitative estimate of drug-likeness (QED) is 0.836. The highest BCUT2D eigenvalue weighted by molar-refractivity contribution is 9.13. The fourth-order valence-electron chi connectivity index (χ4n) is 1.34. The van der Waals surface area contributed by atoms with Crippen molar-refractivity contribution in [1.29, 1.82) is 0 Å². The molecule has 0 bridgehead atoms. The zero-order valence-electron chi connectivity index (χ0n) is 9.21. The van der Waals surface area contributed by atoms with Crippen molar-refractivity contribution < 1.29 is 4.79 Å². The van der Waals surface area contributed by atoms with Crippen LogP contribution in [0.1, 0.15) is 15.4 Å². The lowest BCUT2D eigenvalue weighted by Crippen LogP contribution is -2.23. The van der Waals surface area contributed by atoms with E-state index in [-0.39, 0.29) is 5.91 Å². The van der Waals surface area contributed by atoms with Crippen molar-refractivity contribution in [2.24, 2.45) is 7.05 Å². The first kappa shape index (κ1) is 14.0. The number of thiophene rings is 1. The number of hydrogen-bond donors (Lipinski definition) is 1. The van der Waals surface area contributed by atoms with E-state index < -0.39 is 0 Å². The maximum atomic E-state index is 11.9. The van der Waals surface area contributed by atoms with E-state index in [1.807, 2.05) is 0 Å². The molecule has 96 valence electrons. The highest BCUT2D eigenvalue weighted by atomic mass is 79.9. The second kappa shape index (κ2) is 5.73. The topological polar surface area (TPSA) is 46.9 Å². The first-order valence-corrected chi connectivity index (χ1v) is 7.66. The van der Waals surface area contributed by atoms with E-state index >= 15 is 0 Å². The van der Waals surface area contributed by atoms with Gasteiger partial charge in [0.1, 0.15) is 0 Å². The number of aromatic nitrogens is 2. The molecule has 0 aliphatic carbocycles. The fraction of sp³-hybridized carbons (Fsp3) is 0.200. The molecule has 18 heavy (non-hydrogen) atoms. The van der Waals surface area contributed by atoms with Crippen LogP contribution in [-0.4, -0.2) is 15.7 Å². The van der Waals surface area contributed by atoms with Crippen molar-refractivity contribution in [2.45, 2.75) is 6.54 Å². The smallest absolute Gasteiger partial charge is 0.261 e. The predicted molar refractivity (Wildman–Crippen MR) is 79.1 cm³/mol. The van der Waals surface area contributed by atoms with E-state index in [1.54, 1.807) is 24.0 Å². The molecule has 1 amide bonds. The van der Waals surface area contributed by atoms with Crippen LogP contribution in [0.4, 0.5) is 0 Å². The molecule has 2 aromatic rings. The van der Waals surface area contributed by atoms with Crippen LogP contribution < -0.4 is 5.32 Å². The van der Waals surface area contributed by atoms with Crippen LogP contribution in [0.2, 0.25) is 5.02 Å². The Labute approximate surface area is 130 Å². The molecule has 0 saturated heterocycles. The zero-order valence-corrected chi connectivity index (χ0v) is 14.0. The summed E-state index contributed by atoms with van der Waals surface area (Å²) >= 11 is 14.0. The molecule has 2 aromatic heterocycles. The van der Waals surface area contributed by atoms with E-state index in [1.165, 1.54) is 11.3 Å². The molecule has 1 N–H and O–H groups in total. The molecule has 2 rings (SSSR count). The van der Waals surface area contributed by atoms with Crippen LogP contribution >= 0.6 is 54.8 Å². The Bertz CT molecular complexity index is 557. The molecule has 2 heterocycles. The normalized spacial score (nSPS) is 10.7. The van der Waals surface area contributed by atoms with Crippen molar-refractivity contribution in [3.63, 3.8) is 0 Å². The summed E-state index contributed by atoms with van der Waals surface area (Å²) in [5.41, 5.74) is 0.778. The van der Waals surface area contributed by atoms with E-state index in [0.29, 0.717) is 16.4 Å². The van der Waals surface area contributed by atoms with Gasteiger partial charge < -0.3 is 5.32 Å². The summed E-state index contributed by atoms with van der Waals surface area (Å²) < 4.78 is 3.41. The van der Waals surface area contributed by atoms with E-state index in [2.05, 4.69) is 42.3 Å². The molecule has 0 atom stereocenters. The van der Waals surface area contributed by atoms with Crippen molar-refractivity contribution in [3.8, 4) is 0 Å². The molecule has 0 unspecified atom stereocenters. The van der Waals surface area contributed by atoms with Crippen LogP contribution in [0.15, 0.2) is 20.5 Å². The maximum Gasteiger partial charge on any atom is 0.261 e. The Balaban J connectivity index is 2.05. The molecule has 0 radical (unpaired) electrons. The molecule has 0 fully saturated rings. The third-order valence-electron chi connectivity index (χ3n) is 2.30. The summed E-state index contributed by atoms with van der Waals surface area (Å²) in [6.07, 6.45) is 1.56. The lowest BCUT2D eigenvalue weighted by Gasteiger charge is -2.04. The SMILES string of the molecule is Cn1ncc(Cl)c1CNC(=O)c1cc(Br)c(Br)s1. The van der Waals surface area contributed by atoms with Crippen LogP contribution in [-0.2, 0) is 13.6 Å². The van der Waals surface area contributed by atoms with Gasteiger partial charge in [-0.15, -0.1) is 11.3 Å². The van der Waals surface area contributed by atoms with Crippen molar-refractivity contribution in [2.75, 3.05) is 0 Å². The van der Waals surface area contributed by atoms with E-state index in [0.717, 1.165) is 14.0 Å². The predicted octanol–water partition coefficient (Wildman–Crippen LogP) is 3.59. The van der Waals surface area contributed by atoms with Gasteiger partial charge in [-0.1, -0.05) is 11.6 Å². The molecule has 0 spiro atoms. The summed E-state index contributed by atoms with van der Waals surface area (Å²) in [5, 5.41) is 7.36. The first-order valence-electron chi connectivity index (χ1n) is 4.88. The first-order chi connectivity index (χ1) is 8.49. The molecule has 0 aromatic carbocycles. The molecule has 0 saturated carbocycles.